The Morgan fingerprint density at radius 1 is 1.31 bits per heavy atom. The van der Waals surface area contributed by atoms with Gasteiger partial charge in [-0.05, 0) is 12.1 Å². The third-order valence-corrected chi connectivity index (χ3v) is 3.50. The summed E-state index contributed by atoms with van der Waals surface area (Å²) in [6, 6.07) is 4.74. The van der Waals surface area contributed by atoms with Crippen molar-refractivity contribution in [3.05, 3.63) is 18.2 Å². The molecule has 0 bridgehead atoms. The molecule has 1 aromatic carbocycles. The first-order valence-electron chi connectivity index (χ1n) is 4.31. The Morgan fingerprint density at radius 3 is 2.50 bits per heavy atom. The van der Waals surface area contributed by atoms with Gasteiger partial charge in [-0.3, -0.25) is 4.72 Å². The van der Waals surface area contributed by atoms with Crippen LogP contribution in [0.3, 0.4) is 0 Å². The van der Waals surface area contributed by atoms with Gasteiger partial charge in [-0.15, -0.1) is 11.6 Å². The quantitative estimate of drug-likeness (QED) is 0.822. The molecule has 0 saturated heterocycles. The predicted molar refractivity (Wildman–Crippen MR) is 62.8 cm³/mol. The van der Waals surface area contributed by atoms with Crippen LogP contribution in [0, 0.1) is 0 Å². The van der Waals surface area contributed by atoms with E-state index in [1.165, 1.54) is 14.2 Å². The van der Waals surface area contributed by atoms with Crippen LogP contribution in [0.4, 0.5) is 5.69 Å². The number of hydrogen-bond donors (Lipinski definition) is 1. The highest BCUT2D eigenvalue weighted by atomic mass is 35.5. The summed E-state index contributed by atoms with van der Waals surface area (Å²) in [6.07, 6.45) is 0. The Hall–Kier alpha value is -1.14. The minimum Gasteiger partial charge on any atom is -0.497 e. The molecule has 0 radical (unpaired) electrons. The Kier molecular flexibility index (Phi) is 4.26. The van der Waals surface area contributed by atoms with E-state index in [0.29, 0.717) is 17.2 Å². The van der Waals surface area contributed by atoms with E-state index in [4.69, 9.17) is 21.1 Å². The van der Waals surface area contributed by atoms with Gasteiger partial charge in [-0.25, -0.2) is 8.42 Å². The van der Waals surface area contributed by atoms with Gasteiger partial charge in [0.15, 0.2) is 0 Å². The summed E-state index contributed by atoms with van der Waals surface area (Å²) in [5, 5.41) is -0.512. The van der Waals surface area contributed by atoms with Crippen molar-refractivity contribution in [1.82, 2.24) is 0 Å². The Labute approximate surface area is 99.4 Å². The van der Waals surface area contributed by atoms with Crippen molar-refractivity contribution >= 4 is 27.3 Å². The fourth-order valence-corrected chi connectivity index (χ4v) is 1.80. The third-order valence-electron chi connectivity index (χ3n) is 1.82. The van der Waals surface area contributed by atoms with E-state index in [1.54, 1.807) is 18.2 Å². The highest BCUT2D eigenvalue weighted by Gasteiger charge is 2.12. The van der Waals surface area contributed by atoms with E-state index in [-0.39, 0.29) is 0 Å². The third kappa shape index (κ3) is 3.18. The predicted octanol–water partition coefficient (Wildman–Crippen LogP) is 1.64. The summed E-state index contributed by atoms with van der Waals surface area (Å²) in [4.78, 5) is 0. The van der Waals surface area contributed by atoms with Gasteiger partial charge < -0.3 is 9.47 Å². The van der Waals surface area contributed by atoms with Gasteiger partial charge in [-0.1, -0.05) is 0 Å². The summed E-state index contributed by atoms with van der Waals surface area (Å²) < 4.78 is 34.8. The standard InChI is InChI=1S/C9H12ClNO4S/c1-14-7-3-4-8(9(5-7)15-2)11-16(12,13)6-10/h3-5,11H,6H2,1-2H3. The van der Waals surface area contributed by atoms with Gasteiger partial charge in [0.25, 0.3) is 0 Å². The van der Waals surface area contributed by atoms with Gasteiger partial charge >= 0.3 is 0 Å². The fraction of sp³-hybridized carbons (Fsp3) is 0.333. The zero-order valence-electron chi connectivity index (χ0n) is 8.86. The second-order valence-corrected chi connectivity index (χ2v) is 5.20. The van der Waals surface area contributed by atoms with Crippen molar-refractivity contribution in [2.45, 2.75) is 0 Å². The molecule has 0 aliphatic rings. The molecule has 90 valence electrons. The van der Waals surface area contributed by atoms with Crippen LogP contribution in [0.2, 0.25) is 0 Å². The van der Waals surface area contributed by atoms with Crippen LogP contribution in [0.5, 0.6) is 11.5 Å². The number of rotatable bonds is 5. The summed E-state index contributed by atoms with van der Waals surface area (Å²) in [7, 11) is -0.581. The van der Waals surface area contributed by atoms with Crippen LogP contribution >= 0.6 is 11.6 Å². The molecule has 1 N–H and O–H groups in total. The van der Waals surface area contributed by atoms with Crippen molar-refractivity contribution in [3.63, 3.8) is 0 Å². The van der Waals surface area contributed by atoms with Crippen molar-refractivity contribution in [3.8, 4) is 11.5 Å². The Morgan fingerprint density at radius 2 is 2.00 bits per heavy atom. The van der Waals surface area contributed by atoms with Gasteiger partial charge in [0.1, 0.15) is 16.7 Å². The first kappa shape index (κ1) is 12.9. The number of anilines is 1. The fourth-order valence-electron chi connectivity index (χ4n) is 1.08. The molecule has 0 heterocycles. The van der Waals surface area contributed by atoms with Gasteiger partial charge in [0.2, 0.25) is 10.0 Å². The number of ether oxygens (including phenoxy) is 2. The smallest absolute Gasteiger partial charge is 0.246 e. The van der Waals surface area contributed by atoms with E-state index >= 15 is 0 Å². The van der Waals surface area contributed by atoms with E-state index in [2.05, 4.69) is 4.72 Å². The first-order valence-corrected chi connectivity index (χ1v) is 6.49. The van der Waals surface area contributed by atoms with Crippen molar-refractivity contribution in [1.29, 1.82) is 0 Å². The largest absolute Gasteiger partial charge is 0.497 e. The molecule has 16 heavy (non-hydrogen) atoms. The second-order valence-electron chi connectivity index (χ2n) is 2.89. The number of benzene rings is 1. The molecule has 1 aromatic rings. The molecular weight excluding hydrogens is 254 g/mol. The van der Waals surface area contributed by atoms with Crippen molar-refractivity contribution in [2.75, 3.05) is 24.2 Å². The van der Waals surface area contributed by atoms with Crippen molar-refractivity contribution in [2.24, 2.45) is 0 Å². The topological polar surface area (TPSA) is 64.6 Å². The maximum absolute atomic E-state index is 11.3. The number of methoxy groups -OCH3 is 2. The SMILES string of the molecule is COc1ccc(NS(=O)(=O)CCl)c(OC)c1. The van der Waals surface area contributed by atoms with E-state index in [0.717, 1.165) is 0 Å². The first-order chi connectivity index (χ1) is 7.52. The summed E-state index contributed by atoms with van der Waals surface area (Å²) in [5.41, 5.74) is 0.323. The summed E-state index contributed by atoms with van der Waals surface area (Å²) in [5.74, 6) is 0.943. The molecule has 0 amide bonds. The van der Waals surface area contributed by atoms with Crippen LogP contribution in [0.15, 0.2) is 18.2 Å². The molecule has 5 nitrogen and oxygen atoms in total. The molecule has 0 atom stereocenters. The highest BCUT2D eigenvalue weighted by molar-refractivity contribution is 7.93. The minimum absolute atomic E-state index is 0.323. The average molecular weight is 266 g/mol. The number of nitrogens with one attached hydrogen (secondary N) is 1. The Balaban J connectivity index is 3.05. The molecule has 0 fully saturated rings. The van der Waals surface area contributed by atoms with Crippen LogP contribution in [0.25, 0.3) is 0 Å². The maximum atomic E-state index is 11.3. The van der Waals surface area contributed by atoms with E-state index < -0.39 is 15.2 Å². The molecule has 7 heteroatoms. The number of halogens is 1. The number of hydrogen-bond acceptors (Lipinski definition) is 4. The van der Waals surface area contributed by atoms with Crippen LogP contribution in [-0.4, -0.2) is 27.8 Å². The molecule has 0 saturated carbocycles. The number of sulfonamides is 1. The average Bonchev–Trinajstić information content (AvgIpc) is 2.29. The lowest BCUT2D eigenvalue weighted by Gasteiger charge is -2.11. The maximum Gasteiger partial charge on any atom is 0.246 e. The minimum atomic E-state index is -3.53. The lowest BCUT2D eigenvalue weighted by molar-refractivity contribution is 0.395. The Bertz CT molecular complexity index is 461. The molecule has 0 aliphatic heterocycles. The van der Waals surface area contributed by atoms with Crippen LogP contribution in [0.1, 0.15) is 0 Å². The van der Waals surface area contributed by atoms with Gasteiger partial charge in [-0.2, -0.15) is 0 Å². The van der Waals surface area contributed by atoms with Crippen molar-refractivity contribution < 1.29 is 17.9 Å². The molecular formula is C9H12ClNO4S. The lowest BCUT2D eigenvalue weighted by atomic mass is 10.3. The normalized spacial score (nSPS) is 10.9. The number of alkyl halides is 1. The zero-order chi connectivity index (χ0) is 12.2. The van der Waals surface area contributed by atoms with E-state index in [9.17, 15) is 8.42 Å². The molecule has 0 aliphatic carbocycles. The summed E-state index contributed by atoms with van der Waals surface area (Å²) in [6.45, 7) is 0. The van der Waals surface area contributed by atoms with Gasteiger partial charge in [0.05, 0.1) is 19.9 Å². The monoisotopic (exact) mass is 265 g/mol. The lowest BCUT2D eigenvalue weighted by Crippen LogP contribution is -2.14. The zero-order valence-corrected chi connectivity index (χ0v) is 10.4. The molecule has 0 aromatic heterocycles. The van der Waals surface area contributed by atoms with Crippen LogP contribution in [-0.2, 0) is 10.0 Å². The second kappa shape index (κ2) is 5.27. The van der Waals surface area contributed by atoms with E-state index in [1.807, 2.05) is 0 Å². The molecule has 0 unspecified atom stereocenters. The van der Waals surface area contributed by atoms with Gasteiger partial charge in [0, 0.05) is 6.07 Å². The summed E-state index contributed by atoms with van der Waals surface area (Å²) >= 11 is 5.28. The van der Waals surface area contributed by atoms with Crippen LogP contribution < -0.4 is 14.2 Å². The molecule has 1 rings (SSSR count). The molecule has 0 spiro atoms. The highest BCUT2D eigenvalue weighted by Crippen LogP contribution is 2.29.